The number of nitrogens with two attached hydrogens (primary N) is 1. The van der Waals surface area contributed by atoms with Gasteiger partial charge in [-0.2, -0.15) is 5.10 Å². The first-order valence-corrected chi connectivity index (χ1v) is 12.1. The van der Waals surface area contributed by atoms with Gasteiger partial charge in [-0.3, -0.25) is 9.58 Å². The molecule has 2 N–H and O–H groups in total. The summed E-state index contributed by atoms with van der Waals surface area (Å²) in [5.74, 6) is 0.944. The fourth-order valence-corrected chi connectivity index (χ4v) is 6.23. The largest absolute Gasteiger partial charge is 0.573 e. The van der Waals surface area contributed by atoms with Crippen molar-refractivity contribution in [2.24, 2.45) is 11.8 Å². The molecule has 3 fully saturated rings. The zero-order valence-corrected chi connectivity index (χ0v) is 20.1. The summed E-state index contributed by atoms with van der Waals surface area (Å²) >= 11 is 0. The minimum absolute atomic E-state index is 0.145. The van der Waals surface area contributed by atoms with Crippen molar-refractivity contribution in [1.82, 2.24) is 24.6 Å². The Kier molecular flexibility index (Phi) is 5.79. The number of anilines is 1. The number of piperazine rings is 1. The molecule has 0 aromatic carbocycles. The highest BCUT2D eigenvalue weighted by Gasteiger charge is 2.59. The van der Waals surface area contributed by atoms with Gasteiger partial charge in [-0.15, -0.1) is 13.2 Å². The van der Waals surface area contributed by atoms with Gasteiger partial charge in [0, 0.05) is 61.1 Å². The number of ether oxygens (including phenoxy) is 1. The Morgan fingerprint density at radius 3 is 2.47 bits per heavy atom. The topological polar surface area (TPSA) is 72.4 Å². The first-order valence-electron chi connectivity index (χ1n) is 12.1. The lowest BCUT2D eigenvalue weighted by molar-refractivity contribution is -0.274. The quantitative estimate of drug-likeness (QED) is 0.697. The summed E-state index contributed by atoms with van der Waals surface area (Å²) in [6.07, 6.45) is -0.974. The Bertz CT molecular complexity index is 1040. The number of hydrogen-bond donors (Lipinski definition) is 1. The van der Waals surface area contributed by atoms with Crippen LogP contribution < -0.4 is 10.5 Å². The first kappa shape index (κ1) is 23.4. The molecule has 2 saturated carbocycles. The second-order valence-corrected chi connectivity index (χ2v) is 10.5. The summed E-state index contributed by atoms with van der Waals surface area (Å²) in [5.41, 5.74) is 7.83. The van der Waals surface area contributed by atoms with E-state index < -0.39 is 12.1 Å². The van der Waals surface area contributed by atoms with Crippen LogP contribution in [0.3, 0.4) is 0 Å². The van der Waals surface area contributed by atoms with Gasteiger partial charge in [0.1, 0.15) is 0 Å². The number of likely N-dealkylation sites (N-methyl/N-ethyl adjacent to an activating group) is 1. The predicted octanol–water partition coefficient (Wildman–Crippen LogP) is 4.13. The van der Waals surface area contributed by atoms with Crippen molar-refractivity contribution in [2.75, 3.05) is 32.4 Å². The minimum Gasteiger partial charge on any atom is -0.402 e. The zero-order chi connectivity index (χ0) is 24.4. The van der Waals surface area contributed by atoms with Crippen LogP contribution in [0.25, 0.3) is 11.3 Å². The molecule has 0 spiro atoms. The number of nitrogen functional groups attached to an aromatic ring is 1. The van der Waals surface area contributed by atoms with Crippen molar-refractivity contribution in [1.29, 1.82) is 0 Å². The molecule has 1 saturated heterocycles. The SMILES string of the molecule is CC(C)n1nc(-c2cnc(N)c(OC(F)(F)F)c2)cc1[C@@H]1[C@@H]2C[C@H](N3CCN(C)C[C@@H]3C)C[C@@H]21. The third kappa shape index (κ3) is 4.37. The molecule has 0 bridgehead atoms. The standard InChI is InChI=1S/C24H33F3N6O/c1-13(2)33-20(10-19(30-33)15-7-21(23(28)29-11-15)34-24(25,26)27)22-17-8-16(9-18(17)22)32-6-5-31(4)12-14(32)3/h7,10-11,13-14,16-18,22H,5-6,8-9,12H2,1-4H3,(H2,28,29)/t14-,16-,17+,18-,22+/m0/s1. The molecular formula is C24H33F3N6O. The average molecular weight is 479 g/mol. The maximum absolute atomic E-state index is 12.8. The number of nitrogens with zero attached hydrogens (tertiary/aromatic N) is 5. The molecule has 0 radical (unpaired) electrons. The van der Waals surface area contributed by atoms with E-state index in [1.807, 2.05) is 10.7 Å². The maximum Gasteiger partial charge on any atom is 0.573 e. The Morgan fingerprint density at radius 1 is 1.15 bits per heavy atom. The second kappa shape index (κ2) is 8.41. The van der Waals surface area contributed by atoms with Crippen LogP contribution in [0.1, 0.15) is 51.3 Å². The van der Waals surface area contributed by atoms with E-state index in [1.54, 1.807) is 0 Å². The zero-order valence-electron chi connectivity index (χ0n) is 20.1. The highest BCUT2D eigenvalue weighted by molar-refractivity contribution is 5.64. The van der Waals surface area contributed by atoms with Crippen molar-refractivity contribution < 1.29 is 17.9 Å². The lowest BCUT2D eigenvalue weighted by atomic mass is 10.00. The fourth-order valence-electron chi connectivity index (χ4n) is 6.23. The van der Waals surface area contributed by atoms with Crippen LogP contribution in [0.5, 0.6) is 5.75 Å². The van der Waals surface area contributed by atoms with Crippen LogP contribution in [0.4, 0.5) is 19.0 Å². The molecule has 186 valence electrons. The van der Waals surface area contributed by atoms with E-state index in [2.05, 4.69) is 47.3 Å². The van der Waals surface area contributed by atoms with Crippen molar-refractivity contribution in [2.45, 2.75) is 64.0 Å². The second-order valence-electron chi connectivity index (χ2n) is 10.5. The summed E-state index contributed by atoms with van der Waals surface area (Å²) in [5, 5.41) is 4.75. The number of hydrogen-bond acceptors (Lipinski definition) is 6. The molecule has 2 aromatic heterocycles. The van der Waals surface area contributed by atoms with Crippen molar-refractivity contribution in [3.8, 4) is 17.0 Å². The highest BCUT2D eigenvalue weighted by Crippen LogP contribution is 2.64. The maximum atomic E-state index is 12.8. The first-order chi connectivity index (χ1) is 16.0. The van der Waals surface area contributed by atoms with E-state index in [0.717, 1.165) is 19.6 Å². The van der Waals surface area contributed by atoms with E-state index in [0.29, 0.717) is 41.1 Å². The molecule has 1 aliphatic heterocycles. The highest BCUT2D eigenvalue weighted by atomic mass is 19.4. The van der Waals surface area contributed by atoms with Crippen LogP contribution in [0.2, 0.25) is 0 Å². The Morgan fingerprint density at radius 2 is 1.85 bits per heavy atom. The predicted molar refractivity (Wildman–Crippen MR) is 123 cm³/mol. The molecule has 2 aromatic rings. The molecule has 2 aliphatic carbocycles. The minimum atomic E-state index is -4.83. The molecule has 3 heterocycles. The summed E-state index contributed by atoms with van der Waals surface area (Å²) in [7, 11) is 2.19. The monoisotopic (exact) mass is 478 g/mol. The van der Waals surface area contributed by atoms with Gasteiger partial charge in [-0.05, 0) is 64.6 Å². The number of fused-ring (bicyclic) bond motifs is 1. The van der Waals surface area contributed by atoms with Gasteiger partial charge >= 0.3 is 6.36 Å². The molecule has 0 unspecified atom stereocenters. The number of pyridine rings is 1. The fraction of sp³-hybridized carbons (Fsp3) is 0.667. The molecule has 5 rings (SSSR count). The smallest absolute Gasteiger partial charge is 0.402 e. The third-order valence-electron chi connectivity index (χ3n) is 7.77. The van der Waals surface area contributed by atoms with Crippen LogP contribution >= 0.6 is 0 Å². The molecule has 7 nitrogen and oxygen atoms in total. The van der Waals surface area contributed by atoms with Gasteiger partial charge in [0.05, 0.1) is 5.69 Å². The van der Waals surface area contributed by atoms with Gasteiger partial charge in [0.2, 0.25) is 0 Å². The lowest BCUT2D eigenvalue weighted by Crippen LogP contribution is -2.54. The summed E-state index contributed by atoms with van der Waals surface area (Å²) in [4.78, 5) is 9.00. The number of halogens is 3. The Labute approximate surface area is 198 Å². The molecule has 10 heteroatoms. The lowest BCUT2D eigenvalue weighted by Gasteiger charge is -2.42. The van der Waals surface area contributed by atoms with E-state index in [4.69, 9.17) is 10.8 Å². The molecule has 0 amide bonds. The van der Waals surface area contributed by atoms with Gasteiger partial charge in [-0.1, -0.05) is 0 Å². The molecule has 34 heavy (non-hydrogen) atoms. The van der Waals surface area contributed by atoms with Crippen molar-refractivity contribution in [3.63, 3.8) is 0 Å². The van der Waals surface area contributed by atoms with E-state index in [-0.39, 0.29) is 11.9 Å². The van der Waals surface area contributed by atoms with E-state index in [1.165, 1.54) is 30.8 Å². The van der Waals surface area contributed by atoms with Gasteiger partial charge in [0.15, 0.2) is 11.6 Å². The van der Waals surface area contributed by atoms with Crippen LogP contribution in [0, 0.1) is 11.8 Å². The average Bonchev–Trinajstić information content (AvgIpc) is 3.09. The van der Waals surface area contributed by atoms with Gasteiger partial charge < -0.3 is 15.4 Å². The number of rotatable bonds is 5. The Balaban J connectivity index is 1.35. The number of alkyl halides is 3. The van der Waals surface area contributed by atoms with Crippen LogP contribution in [0.15, 0.2) is 18.3 Å². The number of aromatic nitrogens is 3. The third-order valence-corrected chi connectivity index (χ3v) is 7.77. The van der Waals surface area contributed by atoms with Crippen LogP contribution in [-0.2, 0) is 0 Å². The summed E-state index contributed by atoms with van der Waals surface area (Å²) < 4.78 is 44.3. The van der Waals surface area contributed by atoms with Gasteiger partial charge in [0.25, 0.3) is 0 Å². The van der Waals surface area contributed by atoms with Crippen molar-refractivity contribution >= 4 is 5.82 Å². The Hall–Kier alpha value is -2.33. The molecule has 5 atom stereocenters. The summed E-state index contributed by atoms with van der Waals surface area (Å²) in [6.45, 7) is 9.86. The molecular weight excluding hydrogens is 445 g/mol. The van der Waals surface area contributed by atoms with Gasteiger partial charge in [-0.25, -0.2) is 4.98 Å². The van der Waals surface area contributed by atoms with E-state index >= 15 is 0 Å². The van der Waals surface area contributed by atoms with E-state index in [9.17, 15) is 13.2 Å². The van der Waals surface area contributed by atoms with Crippen LogP contribution in [-0.4, -0.2) is 69.7 Å². The normalized spacial score (nSPS) is 30.1. The van der Waals surface area contributed by atoms with Crippen molar-refractivity contribution in [3.05, 3.63) is 24.0 Å². The summed E-state index contributed by atoms with van der Waals surface area (Å²) in [6, 6.07) is 4.66. The molecule has 3 aliphatic rings.